The summed E-state index contributed by atoms with van der Waals surface area (Å²) >= 11 is 0. The van der Waals surface area contributed by atoms with Crippen molar-refractivity contribution in [2.24, 2.45) is 0 Å². The molecule has 1 aromatic heterocycles. The molecule has 4 heterocycles. The van der Waals surface area contributed by atoms with Crippen LogP contribution in [0.5, 0.6) is 28.7 Å². The Balaban J connectivity index is 1.40. The molecule has 20 heteroatoms. The second-order valence-corrected chi connectivity index (χ2v) is 13.2. The number of methoxy groups -OCH3 is 1. The van der Waals surface area contributed by atoms with Gasteiger partial charge in [-0.2, -0.15) is 0 Å². The Hall–Kier alpha value is -3.87. The van der Waals surface area contributed by atoms with Gasteiger partial charge >= 0.3 is 0 Å². The van der Waals surface area contributed by atoms with Gasteiger partial charge in [0.15, 0.2) is 29.7 Å². The molecule has 0 amide bonds. The maximum atomic E-state index is 14.1. The Morgan fingerprint density at radius 1 is 0.685 bits per heavy atom. The van der Waals surface area contributed by atoms with Crippen LogP contribution in [0.3, 0.4) is 0 Å². The van der Waals surface area contributed by atoms with E-state index in [0.29, 0.717) is 0 Å². The highest BCUT2D eigenvalue weighted by molar-refractivity contribution is 5.88. The monoisotopic (exact) mass is 770 g/mol. The van der Waals surface area contributed by atoms with Crippen molar-refractivity contribution in [2.75, 3.05) is 13.7 Å². The lowest BCUT2D eigenvalue weighted by molar-refractivity contribution is -0.355. The Morgan fingerprint density at radius 2 is 1.31 bits per heavy atom. The van der Waals surface area contributed by atoms with E-state index in [4.69, 9.17) is 37.6 Å². The first kappa shape index (κ1) is 39.8. The maximum Gasteiger partial charge on any atom is 0.239 e. The Bertz CT molecular complexity index is 1850. The highest BCUT2D eigenvalue weighted by atomic mass is 16.8. The van der Waals surface area contributed by atoms with Gasteiger partial charge in [0, 0.05) is 17.7 Å². The zero-order chi connectivity index (χ0) is 39.3. The van der Waals surface area contributed by atoms with Gasteiger partial charge in [-0.25, -0.2) is 0 Å². The van der Waals surface area contributed by atoms with Gasteiger partial charge < -0.3 is 93.7 Å². The first-order chi connectivity index (χ1) is 25.6. The molecule has 0 radical (unpaired) electrons. The normalized spacial score (nSPS) is 37.2. The second-order valence-electron chi connectivity index (χ2n) is 13.2. The number of hydrogen-bond donors (Lipinski definition) is 11. The number of hydrogen-bond acceptors (Lipinski definition) is 20. The van der Waals surface area contributed by atoms with Crippen LogP contribution in [0.4, 0.5) is 0 Å². The van der Waals surface area contributed by atoms with Crippen molar-refractivity contribution < 1.29 is 93.7 Å². The van der Waals surface area contributed by atoms with E-state index < -0.39 is 121 Å². The van der Waals surface area contributed by atoms with E-state index in [-0.39, 0.29) is 34.2 Å². The number of phenolic OH excluding ortho intramolecular Hbond substituents is 2. The molecule has 0 spiro atoms. The molecule has 2 aromatic carbocycles. The van der Waals surface area contributed by atoms with E-state index in [9.17, 15) is 61.0 Å². The molecule has 20 nitrogen and oxygen atoms in total. The third-order valence-electron chi connectivity index (χ3n) is 9.57. The summed E-state index contributed by atoms with van der Waals surface area (Å²) in [4.78, 5) is 14.1. The Morgan fingerprint density at radius 3 is 1.98 bits per heavy atom. The SMILES string of the molecule is COc1cc(-c2oc3cc(OC4OC(C)C(O)C(O)C4OC4OC(CO)C(O)C(O)C4O)cc(O)c3c(=O)c2OC2OC(C)C(O)C(O)C2O)ccc1O. The van der Waals surface area contributed by atoms with E-state index in [1.807, 2.05) is 0 Å². The molecular weight excluding hydrogens is 728 g/mol. The Labute approximate surface area is 305 Å². The molecule has 0 aliphatic carbocycles. The Kier molecular flexibility index (Phi) is 11.6. The fourth-order valence-corrected chi connectivity index (χ4v) is 6.38. The number of phenols is 2. The molecule has 11 N–H and O–H groups in total. The minimum atomic E-state index is -1.89. The molecule has 3 aliphatic rings. The quantitative estimate of drug-likeness (QED) is 0.104. The predicted molar refractivity (Wildman–Crippen MR) is 176 cm³/mol. The maximum absolute atomic E-state index is 14.1. The molecule has 3 saturated heterocycles. The van der Waals surface area contributed by atoms with Crippen molar-refractivity contribution in [3.05, 3.63) is 40.6 Å². The first-order valence-corrected chi connectivity index (χ1v) is 16.8. The van der Waals surface area contributed by atoms with Gasteiger partial charge in [0.1, 0.15) is 77.4 Å². The van der Waals surface area contributed by atoms with Crippen LogP contribution in [0.15, 0.2) is 39.5 Å². The fourth-order valence-electron chi connectivity index (χ4n) is 6.38. The summed E-state index contributed by atoms with van der Waals surface area (Å²) in [6.07, 6.45) is -24.2. The molecule has 298 valence electrons. The molecular formula is C34H42O20. The molecule has 3 aliphatic heterocycles. The molecule has 3 fully saturated rings. The number of benzene rings is 2. The molecule has 54 heavy (non-hydrogen) atoms. The molecule has 6 rings (SSSR count). The van der Waals surface area contributed by atoms with E-state index >= 15 is 0 Å². The van der Waals surface area contributed by atoms with E-state index in [1.165, 1.54) is 39.2 Å². The van der Waals surface area contributed by atoms with Gasteiger partial charge in [-0.3, -0.25) is 4.79 Å². The van der Waals surface area contributed by atoms with Gasteiger partial charge in [0.2, 0.25) is 23.8 Å². The van der Waals surface area contributed by atoms with Gasteiger partial charge in [-0.1, -0.05) is 0 Å². The van der Waals surface area contributed by atoms with Gasteiger partial charge in [-0.15, -0.1) is 0 Å². The van der Waals surface area contributed by atoms with Crippen molar-refractivity contribution in [1.29, 1.82) is 0 Å². The van der Waals surface area contributed by atoms with Crippen molar-refractivity contribution in [2.45, 2.75) is 106 Å². The summed E-state index contributed by atoms with van der Waals surface area (Å²) in [5.41, 5.74) is -1.25. The summed E-state index contributed by atoms with van der Waals surface area (Å²) in [5, 5.41) is 114. The third-order valence-corrected chi connectivity index (χ3v) is 9.57. The van der Waals surface area contributed by atoms with Crippen molar-refractivity contribution in [1.82, 2.24) is 0 Å². The van der Waals surface area contributed by atoms with Crippen LogP contribution < -0.4 is 19.6 Å². The molecule has 15 atom stereocenters. The van der Waals surface area contributed by atoms with E-state index in [1.54, 1.807) is 0 Å². The smallest absolute Gasteiger partial charge is 0.239 e. The highest BCUT2D eigenvalue weighted by Gasteiger charge is 2.51. The van der Waals surface area contributed by atoms with Crippen LogP contribution in [0.1, 0.15) is 13.8 Å². The summed E-state index contributed by atoms with van der Waals surface area (Å²) in [6, 6.07) is 5.96. The number of aromatic hydroxyl groups is 2. The van der Waals surface area contributed by atoms with Crippen molar-refractivity contribution in [3.63, 3.8) is 0 Å². The van der Waals surface area contributed by atoms with E-state index in [0.717, 1.165) is 12.1 Å². The molecule has 3 aromatic rings. The van der Waals surface area contributed by atoms with Crippen LogP contribution in [0.2, 0.25) is 0 Å². The summed E-state index contributed by atoms with van der Waals surface area (Å²) < 4.78 is 45.4. The summed E-state index contributed by atoms with van der Waals surface area (Å²) in [5.74, 6) is -2.26. The number of ether oxygens (including phenoxy) is 7. The average Bonchev–Trinajstić information content (AvgIpc) is 3.14. The number of aliphatic hydroxyl groups excluding tert-OH is 9. The molecule has 0 saturated carbocycles. The number of aliphatic hydroxyl groups is 9. The van der Waals surface area contributed by atoms with Crippen LogP contribution in [-0.2, 0) is 18.9 Å². The van der Waals surface area contributed by atoms with E-state index in [2.05, 4.69) is 0 Å². The van der Waals surface area contributed by atoms with Gasteiger partial charge in [0.05, 0.1) is 25.9 Å². The summed E-state index contributed by atoms with van der Waals surface area (Å²) in [7, 11) is 1.27. The largest absolute Gasteiger partial charge is 0.507 e. The van der Waals surface area contributed by atoms with Crippen LogP contribution in [-0.4, -0.2) is 162 Å². The zero-order valence-electron chi connectivity index (χ0n) is 28.8. The highest BCUT2D eigenvalue weighted by Crippen LogP contribution is 2.41. The van der Waals surface area contributed by atoms with Crippen molar-refractivity contribution >= 4 is 11.0 Å². The lowest BCUT2D eigenvalue weighted by atomic mass is 9.97. The molecule has 0 bridgehead atoms. The standard InChI is InChI=1S/C34H42O20/c1-10-20(38)24(42)27(45)32(48-10)53-30-23(41)19-15(37)7-13(8-17(19)51-29(30)12-4-5-14(36)16(6-12)47-3)50-34-31(26(44)21(39)11(2)49-34)54-33-28(46)25(43)22(40)18(9-35)52-33/h4-8,10-11,18,20-22,24-28,31-40,42-46H,9H2,1-3H3. The topological polar surface area (TPSA) is 317 Å². The van der Waals surface area contributed by atoms with Gasteiger partial charge in [0.25, 0.3) is 0 Å². The fraction of sp³-hybridized carbons (Fsp3) is 0.559. The lowest BCUT2D eigenvalue weighted by Crippen LogP contribution is -2.64. The average molecular weight is 771 g/mol. The first-order valence-electron chi connectivity index (χ1n) is 16.8. The second kappa shape index (κ2) is 15.7. The van der Waals surface area contributed by atoms with Crippen LogP contribution >= 0.6 is 0 Å². The zero-order valence-corrected chi connectivity index (χ0v) is 28.8. The van der Waals surface area contributed by atoms with Crippen molar-refractivity contribution in [3.8, 4) is 40.1 Å². The van der Waals surface area contributed by atoms with Gasteiger partial charge in [-0.05, 0) is 32.0 Å². The third kappa shape index (κ3) is 7.29. The number of fused-ring (bicyclic) bond motifs is 1. The predicted octanol–water partition coefficient (Wildman–Crippen LogP) is -2.88. The molecule has 15 unspecified atom stereocenters. The summed E-state index contributed by atoms with van der Waals surface area (Å²) in [6.45, 7) is 2.02. The minimum absolute atomic E-state index is 0.0444. The van der Waals surface area contributed by atoms with Crippen LogP contribution in [0.25, 0.3) is 22.3 Å². The number of rotatable bonds is 9. The lowest BCUT2D eigenvalue weighted by Gasteiger charge is -2.45. The minimum Gasteiger partial charge on any atom is -0.507 e. The van der Waals surface area contributed by atoms with Crippen LogP contribution in [0, 0.1) is 0 Å².